The number of amides is 1. The molecule has 1 amide bonds. The molecule has 1 atom stereocenters. The van der Waals surface area contributed by atoms with Gasteiger partial charge in [0.1, 0.15) is 5.75 Å². The van der Waals surface area contributed by atoms with Crippen molar-refractivity contribution in [3.05, 3.63) is 24.3 Å². The molecule has 0 saturated heterocycles. The van der Waals surface area contributed by atoms with Crippen molar-refractivity contribution in [3.63, 3.8) is 0 Å². The van der Waals surface area contributed by atoms with Crippen LogP contribution in [0, 0.1) is 0 Å². The molecule has 3 N–H and O–H groups in total. The molecule has 0 spiro atoms. The number of hydrogen-bond acceptors (Lipinski definition) is 4. The van der Waals surface area contributed by atoms with Crippen LogP contribution in [-0.2, 0) is 4.79 Å². The number of methoxy groups -OCH3 is 1. The van der Waals surface area contributed by atoms with Crippen LogP contribution in [0.1, 0.15) is 13.3 Å². The first kappa shape index (κ1) is 14.5. The first-order chi connectivity index (χ1) is 8.61. The minimum absolute atomic E-state index is 0.106. The van der Waals surface area contributed by atoms with Crippen LogP contribution in [-0.4, -0.2) is 37.3 Å². The molecule has 0 aliphatic carbocycles. The van der Waals surface area contributed by atoms with Gasteiger partial charge >= 0.3 is 0 Å². The van der Waals surface area contributed by atoms with Gasteiger partial charge in [0.25, 0.3) is 0 Å². The second-order valence-electron chi connectivity index (χ2n) is 4.09. The summed E-state index contributed by atoms with van der Waals surface area (Å²) in [5, 5.41) is 14.8. The Kier molecular flexibility index (Phi) is 6.18. The van der Waals surface area contributed by atoms with Gasteiger partial charge in [-0.2, -0.15) is 0 Å². The number of carbonyl (C=O) groups is 1. The summed E-state index contributed by atoms with van der Waals surface area (Å²) in [5.74, 6) is 0.647. The van der Waals surface area contributed by atoms with Crippen molar-refractivity contribution in [2.45, 2.75) is 19.4 Å². The van der Waals surface area contributed by atoms with Crippen LogP contribution in [0.2, 0.25) is 0 Å². The molecule has 0 aliphatic rings. The molecule has 1 aromatic carbocycles. The Labute approximate surface area is 107 Å². The Bertz CT molecular complexity index is 363. The third kappa shape index (κ3) is 5.65. The highest BCUT2D eigenvalue weighted by Crippen LogP contribution is 2.14. The topological polar surface area (TPSA) is 70.6 Å². The average Bonchev–Trinajstić information content (AvgIpc) is 2.35. The molecule has 1 aromatic rings. The monoisotopic (exact) mass is 252 g/mol. The van der Waals surface area contributed by atoms with E-state index in [2.05, 4.69) is 10.6 Å². The number of benzene rings is 1. The second-order valence-corrected chi connectivity index (χ2v) is 4.09. The van der Waals surface area contributed by atoms with Crippen molar-refractivity contribution in [2.24, 2.45) is 0 Å². The molecule has 1 unspecified atom stereocenters. The third-order valence-electron chi connectivity index (χ3n) is 2.40. The van der Waals surface area contributed by atoms with Crippen LogP contribution in [0.25, 0.3) is 0 Å². The molecular formula is C13H20N2O3. The molecule has 1 rings (SSSR count). The van der Waals surface area contributed by atoms with E-state index in [1.165, 1.54) is 0 Å². The molecule has 0 saturated carbocycles. The summed E-state index contributed by atoms with van der Waals surface area (Å²) in [6.45, 7) is 2.57. The number of ether oxygens (including phenoxy) is 1. The van der Waals surface area contributed by atoms with E-state index in [4.69, 9.17) is 9.84 Å². The molecule has 0 fully saturated rings. The van der Waals surface area contributed by atoms with Crippen molar-refractivity contribution in [2.75, 3.05) is 25.5 Å². The summed E-state index contributed by atoms with van der Waals surface area (Å²) < 4.78 is 5.03. The van der Waals surface area contributed by atoms with E-state index < -0.39 is 0 Å². The highest BCUT2D eigenvalue weighted by atomic mass is 16.5. The van der Waals surface area contributed by atoms with Gasteiger partial charge in [-0.05, 0) is 44.2 Å². The van der Waals surface area contributed by atoms with Gasteiger partial charge in [-0.15, -0.1) is 0 Å². The van der Waals surface area contributed by atoms with E-state index in [0.29, 0.717) is 13.0 Å². The molecule has 0 aliphatic heterocycles. The van der Waals surface area contributed by atoms with Crippen LogP contribution in [0.4, 0.5) is 5.69 Å². The Morgan fingerprint density at radius 1 is 1.39 bits per heavy atom. The number of rotatable bonds is 7. The Morgan fingerprint density at radius 2 is 2.06 bits per heavy atom. The van der Waals surface area contributed by atoms with E-state index in [9.17, 15) is 4.79 Å². The van der Waals surface area contributed by atoms with Gasteiger partial charge in [0.15, 0.2) is 0 Å². The maximum Gasteiger partial charge on any atom is 0.238 e. The smallest absolute Gasteiger partial charge is 0.238 e. The van der Waals surface area contributed by atoms with E-state index in [-0.39, 0.29) is 18.6 Å². The van der Waals surface area contributed by atoms with Crippen LogP contribution in [0.15, 0.2) is 24.3 Å². The molecule has 100 valence electrons. The zero-order chi connectivity index (χ0) is 13.4. The minimum Gasteiger partial charge on any atom is -0.497 e. The highest BCUT2D eigenvalue weighted by molar-refractivity contribution is 5.92. The van der Waals surface area contributed by atoms with E-state index in [0.717, 1.165) is 11.4 Å². The number of carbonyl (C=O) groups excluding carboxylic acids is 1. The Balaban J connectivity index is 2.26. The summed E-state index contributed by atoms with van der Waals surface area (Å²) in [6, 6.07) is 7.14. The lowest BCUT2D eigenvalue weighted by atomic mass is 10.3. The zero-order valence-electron chi connectivity index (χ0n) is 10.8. The number of aliphatic hydroxyl groups is 1. The van der Waals surface area contributed by atoms with Gasteiger partial charge in [0, 0.05) is 5.69 Å². The van der Waals surface area contributed by atoms with Gasteiger partial charge in [0.05, 0.1) is 19.8 Å². The lowest BCUT2D eigenvalue weighted by Crippen LogP contribution is -2.29. The predicted octanol–water partition coefficient (Wildman–Crippen LogP) is 0.994. The fraction of sp³-hybridized carbons (Fsp3) is 0.462. The van der Waals surface area contributed by atoms with E-state index >= 15 is 0 Å². The summed E-state index contributed by atoms with van der Waals surface area (Å²) >= 11 is 0. The number of aliphatic hydroxyl groups excluding tert-OH is 1. The van der Waals surface area contributed by atoms with Crippen LogP contribution >= 0.6 is 0 Å². The molecule has 0 bridgehead atoms. The Hall–Kier alpha value is -1.59. The first-order valence-electron chi connectivity index (χ1n) is 5.94. The van der Waals surface area contributed by atoms with Gasteiger partial charge < -0.3 is 20.5 Å². The van der Waals surface area contributed by atoms with E-state index in [1.54, 1.807) is 38.3 Å². The lowest BCUT2D eigenvalue weighted by Gasteiger charge is -2.08. The van der Waals surface area contributed by atoms with Crippen molar-refractivity contribution >= 4 is 11.6 Å². The molecule has 5 nitrogen and oxygen atoms in total. The summed E-state index contributed by atoms with van der Waals surface area (Å²) in [4.78, 5) is 11.5. The summed E-state index contributed by atoms with van der Waals surface area (Å²) in [5.41, 5.74) is 0.734. The molecular weight excluding hydrogens is 232 g/mol. The van der Waals surface area contributed by atoms with Gasteiger partial charge in [-0.1, -0.05) is 0 Å². The van der Waals surface area contributed by atoms with Crippen molar-refractivity contribution in [3.8, 4) is 5.75 Å². The predicted molar refractivity (Wildman–Crippen MR) is 70.8 cm³/mol. The first-order valence-corrected chi connectivity index (χ1v) is 5.94. The van der Waals surface area contributed by atoms with Crippen molar-refractivity contribution < 1.29 is 14.6 Å². The molecule has 18 heavy (non-hydrogen) atoms. The number of nitrogens with one attached hydrogen (secondary N) is 2. The Morgan fingerprint density at radius 3 is 2.61 bits per heavy atom. The molecule has 0 aromatic heterocycles. The SMILES string of the molecule is COc1ccc(NC(=O)CNCCC(C)O)cc1. The normalized spacial score (nSPS) is 11.9. The molecule has 0 heterocycles. The largest absolute Gasteiger partial charge is 0.497 e. The fourth-order valence-electron chi connectivity index (χ4n) is 1.39. The van der Waals surface area contributed by atoms with Gasteiger partial charge in [-0.25, -0.2) is 0 Å². The second kappa shape index (κ2) is 7.68. The van der Waals surface area contributed by atoms with Gasteiger partial charge in [-0.3, -0.25) is 4.79 Å². The summed E-state index contributed by atoms with van der Waals surface area (Å²) in [6.07, 6.45) is 0.290. The highest BCUT2D eigenvalue weighted by Gasteiger charge is 2.02. The average molecular weight is 252 g/mol. The molecule has 5 heteroatoms. The fourth-order valence-corrected chi connectivity index (χ4v) is 1.39. The van der Waals surface area contributed by atoms with Crippen LogP contribution < -0.4 is 15.4 Å². The molecule has 0 radical (unpaired) electrons. The van der Waals surface area contributed by atoms with E-state index in [1.807, 2.05) is 0 Å². The van der Waals surface area contributed by atoms with Crippen molar-refractivity contribution in [1.29, 1.82) is 0 Å². The number of hydrogen-bond donors (Lipinski definition) is 3. The lowest BCUT2D eigenvalue weighted by molar-refractivity contribution is -0.115. The van der Waals surface area contributed by atoms with Crippen LogP contribution in [0.3, 0.4) is 0 Å². The number of anilines is 1. The zero-order valence-corrected chi connectivity index (χ0v) is 10.8. The maximum absolute atomic E-state index is 11.5. The van der Waals surface area contributed by atoms with Crippen molar-refractivity contribution in [1.82, 2.24) is 5.32 Å². The van der Waals surface area contributed by atoms with Crippen LogP contribution in [0.5, 0.6) is 5.75 Å². The third-order valence-corrected chi connectivity index (χ3v) is 2.40. The van der Waals surface area contributed by atoms with Gasteiger partial charge in [0.2, 0.25) is 5.91 Å². The standard InChI is InChI=1S/C13H20N2O3/c1-10(16)7-8-14-9-13(17)15-11-3-5-12(18-2)6-4-11/h3-6,10,14,16H,7-9H2,1-2H3,(H,15,17). The minimum atomic E-state index is -0.345. The maximum atomic E-state index is 11.5. The quantitative estimate of drug-likeness (QED) is 0.633. The summed E-state index contributed by atoms with van der Waals surface area (Å²) in [7, 11) is 1.60.